The van der Waals surface area contributed by atoms with Gasteiger partial charge in [0.15, 0.2) is 0 Å². The van der Waals surface area contributed by atoms with Crippen LogP contribution in [0.15, 0.2) is 24.0 Å². The van der Waals surface area contributed by atoms with Crippen LogP contribution < -0.4 is 0 Å². The fourth-order valence-electron chi connectivity index (χ4n) is 1.15. The van der Waals surface area contributed by atoms with E-state index in [4.69, 9.17) is 12.2 Å². The highest BCUT2D eigenvalue weighted by molar-refractivity contribution is 7.71. The third-order valence-corrected chi connectivity index (χ3v) is 3.21. The standard InChI is InChI=1S/C9H8N2S2/c1-6-2-3-13-8(6)7-4-10-5-11-9(7)12/h2-5H,1H3,(H,10,11,12). The summed E-state index contributed by atoms with van der Waals surface area (Å²) in [6.45, 7) is 2.08. The first-order valence-corrected chi connectivity index (χ1v) is 5.15. The Morgan fingerprint density at radius 2 is 2.38 bits per heavy atom. The van der Waals surface area contributed by atoms with Gasteiger partial charge >= 0.3 is 0 Å². The molecule has 2 aromatic heterocycles. The van der Waals surface area contributed by atoms with Crippen molar-refractivity contribution in [2.75, 3.05) is 0 Å². The van der Waals surface area contributed by atoms with Gasteiger partial charge in [-0.05, 0) is 23.9 Å². The molecule has 4 heteroatoms. The second kappa shape index (κ2) is 3.40. The zero-order valence-electron chi connectivity index (χ0n) is 7.07. The van der Waals surface area contributed by atoms with Crippen molar-refractivity contribution in [1.29, 1.82) is 0 Å². The maximum atomic E-state index is 5.17. The van der Waals surface area contributed by atoms with E-state index in [0.29, 0.717) is 0 Å². The Labute approximate surface area is 85.3 Å². The molecule has 0 radical (unpaired) electrons. The third-order valence-electron chi connectivity index (χ3n) is 1.83. The molecule has 0 atom stereocenters. The summed E-state index contributed by atoms with van der Waals surface area (Å²) >= 11 is 6.86. The maximum Gasteiger partial charge on any atom is 0.114 e. The van der Waals surface area contributed by atoms with Crippen molar-refractivity contribution in [2.24, 2.45) is 0 Å². The van der Waals surface area contributed by atoms with Crippen LogP contribution >= 0.6 is 23.6 Å². The molecule has 0 aliphatic rings. The summed E-state index contributed by atoms with van der Waals surface area (Å²) in [5.41, 5.74) is 2.27. The number of thiophene rings is 1. The van der Waals surface area contributed by atoms with Crippen molar-refractivity contribution in [3.63, 3.8) is 0 Å². The number of aryl methyl sites for hydroxylation is 1. The van der Waals surface area contributed by atoms with Crippen molar-refractivity contribution in [2.45, 2.75) is 6.92 Å². The number of rotatable bonds is 1. The summed E-state index contributed by atoms with van der Waals surface area (Å²) in [5.74, 6) is 0. The molecule has 13 heavy (non-hydrogen) atoms. The van der Waals surface area contributed by atoms with Crippen molar-refractivity contribution < 1.29 is 0 Å². The maximum absolute atomic E-state index is 5.17. The summed E-state index contributed by atoms with van der Waals surface area (Å²) in [7, 11) is 0. The van der Waals surface area contributed by atoms with Crippen LogP contribution in [0.5, 0.6) is 0 Å². The van der Waals surface area contributed by atoms with Crippen molar-refractivity contribution in [3.05, 3.63) is 34.2 Å². The molecule has 0 aromatic carbocycles. The molecule has 0 spiro atoms. The Morgan fingerprint density at radius 1 is 1.54 bits per heavy atom. The molecule has 0 saturated heterocycles. The molecular formula is C9H8N2S2. The van der Waals surface area contributed by atoms with Crippen LogP contribution in [0, 0.1) is 11.6 Å². The number of H-pyrrole nitrogens is 1. The Bertz CT molecular complexity index is 470. The largest absolute Gasteiger partial charge is 0.337 e. The number of hydrogen-bond acceptors (Lipinski definition) is 3. The fraction of sp³-hybridized carbons (Fsp3) is 0.111. The minimum atomic E-state index is 0.751. The van der Waals surface area contributed by atoms with Gasteiger partial charge in [-0.25, -0.2) is 4.98 Å². The van der Waals surface area contributed by atoms with Gasteiger partial charge in [0.2, 0.25) is 0 Å². The molecule has 2 nitrogen and oxygen atoms in total. The molecule has 0 unspecified atom stereocenters. The van der Waals surface area contributed by atoms with Gasteiger partial charge in [-0.2, -0.15) is 0 Å². The Balaban J connectivity index is 2.66. The first-order valence-electron chi connectivity index (χ1n) is 3.86. The van der Waals surface area contributed by atoms with E-state index in [9.17, 15) is 0 Å². The van der Waals surface area contributed by atoms with Crippen LogP contribution in [0.3, 0.4) is 0 Å². The Hall–Kier alpha value is -1.00. The molecule has 0 aliphatic heterocycles. The quantitative estimate of drug-likeness (QED) is 0.729. The van der Waals surface area contributed by atoms with Crippen molar-refractivity contribution in [3.8, 4) is 10.4 Å². The lowest BCUT2D eigenvalue weighted by Crippen LogP contribution is -1.83. The minimum absolute atomic E-state index is 0.751. The van der Waals surface area contributed by atoms with Gasteiger partial charge in [0.05, 0.1) is 6.33 Å². The van der Waals surface area contributed by atoms with Crippen LogP contribution in [-0.4, -0.2) is 9.97 Å². The number of aromatic nitrogens is 2. The molecule has 0 aliphatic carbocycles. The predicted octanol–water partition coefficient (Wildman–Crippen LogP) is 3.18. The van der Waals surface area contributed by atoms with Crippen LogP contribution in [0.1, 0.15) is 5.56 Å². The number of nitrogens with zero attached hydrogens (tertiary/aromatic N) is 1. The lowest BCUT2D eigenvalue weighted by atomic mass is 10.2. The van der Waals surface area contributed by atoms with Crippen molar-refractivity contribution >= 4 is 23.6 Å². The molecule has 66 valence electrons. The average Bonchev–Trinajstić information content (AvgIpc) is 2.52. The molecule has 0 saturated carbocycles. The summed E-state index contributed by atoms with van der Waals surface area (Å²) in [6, 6.07) is 2.09. The van der Waals surface area contributed by atoms with Gasteiger partial charge in [0.25, 0.3) is 0 Å². The van der Waals surface area contributed by atoms with Crippen molar-refractivity contribution in [1.82, 2.24) is 9.97 Å². The number of hydrogen-bond donors (Lipinski definition) is 1. The highest BCUT2D eigenvalue weighted by atomic mass is 32.1. The fourth-order valence-corrected chi connectivity index (χ4v) is 2.37. The molecule has 2 aromatic rings. The minimum Gasteiger partial charge on any atom is -0.337 e. The van der Waals surface area contributed by atoms with E-state index in [-0.39, 0.29) is 0 Å². The second-order valence-corrected chi connectivity index (χ2v) is 4.05. The summed E-state index contributed by atoms with van der Waals surface area (Å²) < 4.78 is 0.751. The molecule has 2 rings (SSSR count). The molecular weight excluding hydrogens is 200 g/mol. The van der Waals surface area contributed by atoms with Gasteiger partial charge in [0.1, 0.15) is 4.64 Å². The van der Waals surface area contributed by atoms with Crippen LogP contribution in [0.2, 0.25) is 0 Å². The second-order valence-electron chi connectivity index (χ2n) is 2.73. The molecule has 1 N–H and O–H groups in total. The molecule has 0 bridgehead atoms. The highest BCUT2D eigenvalue weighted by Crippen LogP contribution is 2.28. The molecule has 2 heterocycles. The summed E-state index contributed by atoms with van der Waals surface area (Å²) in [4.78, 5) is 8.16. The van der Waals surface area contributed by atoms with Gasteiger partial charge in [-0.3, -0.25) is 0 Å². The van der Waals surface area contributed by atoms with E-state index in [0.717, 1.165) is 10.2 Å². The zero-order chi connectivity index (χ0) is 9.26. The SMILES string of the molecule is Cc1ccsc1-c1cnc[nH]c1=S. The summed E-state index contributed by atoms with van der Waals surface area (Å²) in [6.07, 6.45) is 3.41. The number of nitrogens with one attached hydrogen (secondary N) is 1. The van der Waals surface area contributed by atoms with Gasteiger partial charge in [-0.1, -0.05) is 12.2 Å². The van der Waals surface area contributed by atoms with Crippen LogP contribution in [0.25, 0.3) is 10.4 Å². The lowest BCUT2D eigenvalue weighted by molar-refractivity contribution is 1.15. The van der Waals surface area contributed by atoms with Crippen LogP contribution in [0.4, 0.5) is 0 Å². The van der Waals surface area contributed by atoms with E-state index < -0.39 is 0 Å². The van der Waals surface area contributed by atoms with E-state index in [1.807, 2.05) is 0 Å². The third kappa shape index (κ3) is 1.55. The average molecular weight is 208 g/mol. The normalized spacial score (nSPS) is 10.2. The molecule has 0 amide bonds. The van der Waals surface area contributed by atoms with Gasteiger partial charge in [-0.15, -0.1) is 11.3 Å². The van der Waals surface area contributed by atoms with Crippen LogP contribution in [-0.2, 0) is 0 Å². The van der Waals surface area contributed by atoms with E-state index in [2.05, 4.69) is 28.3 Å². The van der Waals surface area contributed by atoms with Gasteiger partial charge in [0, 0.05) is 16.6 Å². The first-order chi connectivity index (χ1) is 6.29. The number of aromatic amines is 1. The van der Waals surface area contributed by atoms with E-state index >= 15 is 0 Å². The lowest BCUT2D eigenvalue weighted by Gasteiger charge is -1.97. The smallest absolute Gasteiger partial charge is 0.114 e. The van der Waals surface area contributed by atoms with E-state index in [1.54, 1.807) is 23.9 Å². The first kappa shape index (κ1) is 8.59. The van der Waals surface area contributed by atoms with Gasteiger partial charge < -0.3 is 4.98 Å². The zero-order valence-corrected chi connectivity index (χ0v) is 8.71. The highest BCUT2D eigenvalue weighted by Gasteiger charge is 2.04. The monoisotopic (exact) mass is 208 g/mol. The Morgan fingerprint density at radius 3 is 3.00 bits per heavy atom. The topological polar surface area (TPSA) is 28.7 Å². The van der Waals surface area contributed by atoms with E-state index in [1.165, 1.54) is 10.4 Å². The Kier molecular flexibility index (Phi) is 2.24. The predicted molar refractivity (Wildman–Crippen MR) is 57.5 cm³/mol. The summed E-state index contributed by atoms with van der Waals surface area (Å²) in [5, 5.41) is 2.06. The molecule has 0 fully saturated rings.